The van der Waals surface area contributed by atoms with Crippen LogP contribution in [0.25, 0.3) is 45.0 Å². The first-order chi connectivity index (χ1) is 17.1. The highest BCUT2D eigenvalue weighted by molar-refractivity contribution is 7.99. The summed E-state index contributed by atoms with van der Waals surface area (Å²) in [5.74, 6) is 0. The zero-order chi connectivity index (χ0) is 24.2. The lowest BCUT2D eigenvalue weighted by atomic mass is 10.1. The van der Waals surface area contributed by atoms with Crippen molar-refractivity contribution in [2.45, 2.75) is 0 Å². The van der Waals surface area contributed by atoms with Crippen molar-refractivity contribution in [3.63, 3.8) is 0 Å². The van der Waals surface area contributed by atoms with E-state index in [1.54, 1.807) is 18.2 Å². The van der Waals surface area contributed by atoms with Crippen LogP contribution in [0, 0.1) is 0 Å². The summed E-state index contributed by atoms with van der Waals surface area (Å²) in [4.78, 5) is 7.11. The first-order valence-electron chi connectivity index (χ1n) is 11.2. The lowest BCUT2D eigenvalue weighted by Crippen LogP contribution is -2.02. The number of hydrogen-bond donors (Lipinski definition) is 4. The zero-order valence-corrected chi connectivity index (χ0v) is 21.1. The van der Waals surface area contributed by atoms with Gasteiger partial charge in [0.25, 0.3) is 0 Å². The Balaban J connectivity index is 1.44. The van der Waals surface area contributed by atoms with E-state index in [0.717, 1.165) is 56.4 Å². The van der Waals surface area contributed by atoms with Gasteiger partial charge >= 0.3 is 0 Å². The van der Waals surface area contributed by atoms with Crippen molar-refractivity contribution < 1.29 is 4.21 Å². The average Bonchev–Trinajstić information content (AvgIpc) is 3.55. The van der Waals surface area contributed by atoms with Gasteiger partial charge < -0.3 is 19.4 Å². The summed E-state index contributed by atoms with van der Waals surface area (Å²) < 4.78 is 18.1. The standard InChI is InChI=1S/C28H26N4OS2/c1-34-31-27-12-5-3-10-21(27)25-16-14-23(29-25)19-8-7-9-20(18-19)24-15-17-26(30-24)22-11-4-6-13-28(22)32-35(2)33/h3-18,29-32H,1-2H3. The molecule has 35 heavy (non-hydrogen) atoms. The Hall–Kier alpha value is -3.68. The molecule has 0 saturated heterocycles. The molecule has 0 amide bonds. The van der Waals surface area contributed by atoms with Crippen LogP contribution in [0.4, 0.5) is 11.4 Å². The molecule has 176 valence electrons. The Morgan fingerprint density at radius 3 is 1.74 bits per heavy atom. The third-order valence-electron chi connectivity index (χ3n) is 5.76. The maximum atomic E-state index is 11.7. The molecular weight excluding hydrogens is 472 g/mol. The fourth-order valence-electron chi connectivity index (χ4n) is 4.17. The van der Waals surface area contributed by atoms with E-state index in [-0.39, 0.29) is 0 Å². The van der Waals surface area contributed by atoms with Crippen molar-refractivity contribution in [2.75, 3.05) is 22.0 Å². The topological polar surface area (TPSA) is 72.7 Å². The van der Waals surface area contributed by atoms with E-state index in [9.17, 15) is 4.21 Å². The third kappa shape index (κ3) is 5.06. The van der Waals surface area contributed by atoms with Crippen LogP contribution < -0.4 is 9.44 Å². The highest BCUT2D eigenvalue weighted by atomic mass is 32.2. The van der Waals surface area contributed by atoms with Gasteiger partial charge in [-0.1, -0.05) is 66.5 Å². The summed E-state index contributed by atoms with van der Waals surface area (Å²) in [5.41, 5.74) is 10.4. The third-order valence-corrected chi connectivity index (χ3v) is 6.69. The minimum Gasteiger partial charge on any atom is -0.354 e. The van der Waals surface area contributed by atoms with E-state index in [1.807, 2.05) is 36.6 Å². The molecule has 4 N–H and O–H groups in total. The molecule has 0 radical (unpaired) electrons. The Kier molecular flexibility index (Phi) is 6.79. The molecule has 0 aliphatic heterocycles. The predicted octanol–water partition coefficient (Wildman–Crippen LogP) is 7.41. The molecule has 0 aliphatic rings. The number of hydrogen-bond acceptors (Lipinski definition) is 3. The predicted molar refractivity (Wildman–Crippen MR) is 152 cm³/mol. The SMILES string of the molecule is CSNc1ccccc1-c1ccc(-c2cccc(-c3ccc(-c4ccccc4NS(C)=O)[nH]3)c2)[nH]1. The zero-order valence-electron chi connectivity index (χ0n) is 19.5. The first-order valence-corrected chi connectivity index (χ1v) is 14.0. The van der Waals surface area contributed by atoms with E-state index in [2.05, 4.69) is 86.1 Å². The van der Waals surface area contributed by atoms with Crippen LogP contribution in [-0.2, 0) is 11.0 Å². The van der Waals surface area contributed by atoms with Gasteiger partial charge in [-0.3, -0.25) is 0 Å². The van der Waals surface area contributed by atoms with E-state index < -0.39 is 11.0 Å². The molecule has 0 aliphatic carbocycles. The van der Waals surface area contributed by atoms with Crippen LogP contribution in [0.2, 0.25) is 0 Å². The van der Waals surface area contributed by atoms with E-state index >= 15 is 0 Å². The van der Waals surface area contributed by atoms with Gasteiger partial charge in [0.2, 0.25) is 0 Å². The van der Waals surface area contributed by atoms with Gasteiger partial charge in [0, 0.05) is 46.4 Å². The second-order valence-corrected chi connectivity index (χ2v) is 9.83. The van der Waals surface area contributed by atoms with Crippen molar-refractivity contribution in [3.05, 3.63) is 97.1 Å². The van der Waals surface area contributed by atoms with Gasteiger partial charge in [-0.15, -0.1) is 0 Å². The van der Waals surface area contributed by atoms with Crippen molar-refractivity contribution >= 4 is 34.3 Å². The van der Waals surface area contributed by atoms with Crippen molar-refractivity contribution in [1.82, 2.24) is 9.97 Å². The number of aromatic amines is 2. The van der Waals surface area contributed by atoms with Crippen LogP contribution >= 0.6 is 11.9 Å². The number of nitrogens with one attached hydrogen (secondary N) is 4. The van der Waals surface area contributed by atoms with Gasteiger partial charge in [0.1, 0.15) is 11.0 Å². The molecule has 0 saturated carbocycles. The fourth-order valence-corrected chi connectivity index (χ4v) is 5.06. The maximum Gasteiger partial charge on any atom is 0.113 e. The molecule has 0 spiro atoms. The monoisotopic (exact) mass is 498 g/mol. The molecule has 2 heterocycles. The molecule has 3 aromatic carbocycles. The summed E-state index contributed by atoms with van der Waals surface area (Å²) >= 11 is 1.58. The number of aromatic nitrogens is 2. The first kappa shape index (κ1) is 23.1. The van der Waals surface area contributed by atoms with Crippen LogP contribution in [0.5, 0.6) is 0 Å². The summed E-state index contributed by atoms with van der Waals surface area (Å²) in [6, 6.07) is 33.0. The lowest BCUT2D eigenvalue weighted by Gasteiger charge is -2.09. The van der Waals surface area contributed by atoms with Crippen molar-refractivity contribution in [1.29, 1.82) is 0 Å². The van der Waals surface area contributed by atoms with E-state index in [0.29, 0.717) is 0 Å². The summed E-state index contributed by atoms with van der Waals surface area (Å²) in [6.07, 6.45) is 3.65. The Bertz CT molecular complexity index is 1490. The maximum absolute atomic E-state index is 11.7. The second-order valence-electron chi connectivity index (χ2n) is 8.11. The molecule has 1 atom stereocenters. The van der Waals surface area contributed by atoms with Crippen molar-refractivity contribution in [3.8, 4) is 45.0 Å². The van der Waals surface area contributed by atoms with Crippen LogP contribution in [0.1, 0.15) is 0 Å². The highest BCUT2D eigenvalue weighted by Crippen LogP contribution is 2.33. The van der Waals surface area contributed by atoms with E-state index in [4.69, 9.17) is 0 Å². The Morgan fingerprint density at radius 1 is 0.657 bits per heavy atom. The Labute approximate surface area is 212 Å². The minimum atomic E-state index is -1.14. The van der Waals surface area contributed by atoms with Gasteiger partial charge in [-0.25, -0.2) is 4.21 Å². The second kappa shape index (κ2) is 10.3. The average molecular weight is 499 g/mol. The van der Waals surface area contributed by atoms with E-state index in [1.165, 1.54) is 0 Å². The minimum absolute atomic E-state index is 0.839. The number of anilines is 2. The van der Waals surface area contributed by atoms with Gasteiger partial charge in [0.05, 0.1) is 11.4 Å². The van der Waals surface area contributed by atoms with Gasteiger partial charge in [0.15, 0.2) is 0 Å². The lowest BCUT2D eigenvalue weighted by molar-refractivity contribution is 0.690. The summed E-state index contributed by atoms with van der Waals surface area (Å²) in [7, 11) is -1.14. The molecule has 7 heteroatoms. The fraction of sp³-hybridized carbons (Fsp3) is 0.0714. The van der Waals surface area contributed by atoms with Crippen molar-refractivity contribution in [2.24, 2.45) is 0 Å². The quantitative estimate of drug-likeness (QED) is 0.168. The number of para-hydroxylation sites is 2. The van der Waals surface area contributed by atoms with Crippen LogP contribution in [0.3, 0.4) is 0 Å². The van der Waals surface area contributed by atoms with Gasteiger partial charge in [-0.2, -0.15) is 0 Å². The van der Waals surface area contributed by atoms with Crippen LogP contribution in [0.15, 0.2) is 97.1 Å². The van der Waals surface area contributed by atoms with Gasteiger partial charge in [-0.05, 0) is 53.6 Å². The van der Waals surface area contributed by atoms with Crippen LogP contribution in [-0.4, -0.2) is 26.7 Å². The largest absolute Gasteiger partial charge is 0.354 e. The molecule has 0 fully saturated rings. The normalized spacial score (nSPS) is 11.8. The molecule has 2 aromatic heterocycles. The molecule has 5 rings (SSSR count). The number of rotatable bonds is 8. The number of H-pyrrole nitrogens is 2. The molecule has 5 aromatic rings. The number of benzene rings is 3. The highest BCUT2D eigenvalue weighted by Gasteiger charge is 2.11. The molecule has 5 nitrogen and oxygen atoms in total. The molecular formula is C28H26N4OS2. The summed E-state index contributed by atoms with van der Waals surface area (Å²) in [5, 5.41) is 0. The Morgan fingerprint density at radius 2 is 1.17 bits per heavy atom. The summed E-state index contributed by atoms with van der Waals surface area (Å²) in [6.45, 7) is 0. The molecule has 0 bridgehead atoms. The smallest absolute Gasteiger partial charge is 0.113 e. The molecule has 1 unspecified atom stereocenters.